The Balaban J connectivity index is 2.42. The third kappa shape index (κ3) is 5.32. The lowest BCUT2D eigenvalue weighted by molar-refractivity contribution is -0.135. The van der Waals surface area contributed by atoms with Gasteiger partial charge in [-0.15, -0.1) is 0 Å². The third-order valence-corrected chi connectivity index (χ3v) is 2.67. The van der Waals surface area contributed by atoms with Gasteiger partial charge in [0.05, 0.1) is 12.1 Å². The van der Waals surface area contributed by atoms with E-state index in [-0.39, 0.29) is 12.5 Å². The zero-order chi connectivity index (χ0) is 15.0. The van der Waals surface area contributed by atoms with Crippen molar-refractivity contribution < 1.29 is 19.1 Å². The van der Waals surface area contributed by atoms with Crippen LogP contribution in [0.3, 0.4) is 0 Å². The van der Waals surface area contributed by atoms with Crippen LogP contribution in [0.2, 0.25) is 5.02 Å². The van der Waals surface area contributed by atoms with Crippen LogP contribution in [0.15, 0.2) is 36.4 Å². The topological polar surface area (TPSA) is 64.6 Å². The summed E-state index contributed by atoms with van der Waals surface area (Å²) in [4.78, 5) is 22.6. The number of halogens is 1. The summed E-state index contributed by atoms with van der Waals surface area (Å²) in [5, 5.41) is 3.04. The number of carbonyl (C=O) groups is 2. The van der Waals surface area contributed by atoms with E-state index in [9.17, 15) is 9.59 Å². The molecule has 6 heteroatoms. The van der Waals surface area contributed by atoms with Crippen molar-refractivity contribution in [3.63, 3.8) is 0 Å². The number of benzene rings is 1. The van der Waals surface area contributed by atoms with Crippen molar-refractivity contribution in [2.75, 3.05) is 13.7 Å². The molecule has 1 rings (SSSR count). The lowest BCUT2D eigenvalue weighted by atomic mass is 10.3. The van der Waals surface area contributed by atoms with Crippen molar-refractivity contribution in [2.45, 2.75) is 13.0 Å². The number of amides is 1. The van der Waals surface area contributed by atoms with Crippen LogP contribution in [0.4, 0.5) is 0 Å². The molecule has 1 aromatic rings. The minimum Gasteiger partial charge on any atom is -0.479 e. The van der Waals surface area contributed by atoms with E-state index in [1.165, 1.54) is 19.3 Å². The first-order valence-corrected chi connectivity index (χ1v) is 6.35. The number of hydrogen-bond acceptors (Lipinski definition) is 4. The van der Waals surface area contributed by atoms with E-state index < -0.39 is 12.1 Å². The number of ether oxygens (including phenoxy) is 2. The van der Waals surface area contributed by atoms with Gasteiger partial charge in [0.2, 0.25) is 0 Å². The van der Waals surface area contributed by atoms with Crippen molar-refractivity contribution in [1.29, 1.82) is 0 Å². The van der Waals surface area contributed by atoms with Crippen molar-refractivity contribution in [1.82, 2.24) is 5.32 Å². The molecule has 20 heavy (non-hydrogen) atoms. The molecule has 5 nitrogen and oxygen atoms in total. The SMILES string of the molecule is COC(=O)/C=C/CNC(=O)C(C)Oc1ccccc1Cl. The zero-order valence-corrected chi connectivity index (χ0v) is 12.0. The summed E-state index contributed by atoms with van der Waals surface area (Å²) >= 11 is 5.93. The van der Waals surface area contributed by atoms with Crippen LogP contribution in [0, 0.1) is 0 Å². The molecule has 0 aromatic heterocycles. The van der Waals surface area contributed by atoms with E-state index >= 15 is 0 Å². The number of carbonyl (C=O) groups excluding carboxylic acids is 2. The quantitative estimate of drug-likeness (QED) is 0.644. The van der Waals surface area contributed by atoms with Gasteiger partial charge in [0.25, 0.3) is 5.91 Å². The Hall–Kier alpha value is -2.01. The molecule has 0 aliphatic heterocycles. The second-order valence-electron chi connectivity index (χ2n) is 3.86. The second kappa shape index (κ2) is 8.22. The Morgan fingerprint density at radius 3 is 2.75 bits per heavy atom. The first kappa shape index (κ1) is 16.0. The molecule has 0 fully saturated rings. The summed E-state index contributed by atoms with van der Waals surface area (Å²) in [7, 11) is 1.28. The van der Waals surface area contributed by atoms with Gasteiger partial charge in [-0.05, 0) is 19.1 Å². The fraction of sp³-hybridized carbons (Fsp3) is 0.286. The smallest absolute Gasteiger partial charge is 0.330 e. The van der Waals surface area contributed by atoms with Crippen LogP contribution in [-0.2, 0) is 14.3 Å². The molecule has 1 unspecified atom stereocenters. The Labute approximate surface area is 122 Å². The molecular weight excluding hydrogens is 282 g/mol. The highest BCUT2D eigenvalue weighted by molar-refractivity contribution is 6.32. The summed E-state index contributed by atoms with van der Waals surface area (Å²) < 4.78 is 9.87. The van der Waals surface area contributed by atoms with Crippen molar-refractivity contribution >= 4 is 23.5 Å². The standard InChI is InChI=1S/C14H16ClNO4/c1-10(20-12-7-4-3-6-11(12)15)14(18)16-9-5-8-13(17)19-2/h3-8,10H,9H2,1-2H3,(H,16,18)/b8-5+. The minimum absolute atomic E-state index is 0.212. The van der Waals surface area contributed by atoms with Gasteiger partial charge in [-0.25, -0.2) is 4.79 Å². The summed E-state index contributed by atoms with van der Waals surface area (Å²) in [6.07, 6.45) is 2.03. The van der Waals surface area contributed by atoms with Crippen LogP contribution in [-0.4, -0.2) is 31.6 Å². The van der Waals surface area contributed by atoms with E-state index in [0.717, 1.165) is 0 Å². The van der Waals surface area contributed by atoms with Gasteiger partial charge in [-0.2, -0.15) is 0 Å². The van der Waals surface area contributed by atoms with Crippen LogP contribution in [0.5, 0.6) is 5.75 Å². The van der Waals surface area contributed by atoms with E-state index in [1.807, 2.05) is 0 Å². The largest absolute Gasteiger partial charge is 0.479 e. The van der Waals surface area contributed by atoms with Crippen molar-refractivity contribution in [3.05, 3.63) is 41.4 Å². The predicted molar refractivity (Wildman–Crippen MR) is 75.7 cm³/mol. The van der Waals surface area contributed by atoms with Gasteiger partial charge in [-0.1, -0.05) is 29.8 Å². The molecule has 0 spiro atoms. The first-order chi connectivity index (χ1) is 9.54. The molecule has 0 saturated carbocycles. The average molecular weight is 298 g/mol. The Bertz CT molecular complexity index is 502. The van der Waals surface area contributed by atoms with Gasteiger partial charge in [0, 0.05) is 12.6 Å². The summed E-state index contributed by atoms with van der Waals surface area (Å²) in [6.45, 7) is 1.83. The highest BCUT2D eigenvalue weighted by Crippen LogP contribution is 2.24. The van der Waals surface area contributed by atoms with E-state index in [4.69, 9.17) is 16.3 Å². The summed E-state index contributed by atoms with van der Waals surface area (Å²) in [6, 6.07) is 6.91. The normalized spacial score (nSPS) is 11.9. The molecule has 1 aromatic carbocycles. The lowest BCUT2D eigenvalue weighted by Crippen LogP contribution is -2.36. The highest BCUT2D eigenvalue weighted by atomic mass is 35.5. The molecular formula is C14H16ClNO4. The summed E-state index contributed by atoms with van der Waals surface area (Å²) in [5.74, 6) is -0.332. The zero-order valence-electron chi connectivity index (χ0n) is 11.3. The minimum atomic E-state index is -0.693. The molecule has 0 saturated heterocycles. The van der Waals surface area contributed by atoms with Crippen molar-refractivity contribution in [3.8, 4) is 5.75 Å². The maximum atomic E-state index is 11.7. The monoisotopic (exact) mass is 297 g/mol. The van der Waals surface area contributed by atoms with E-state index in [1.54, 1.807) is 31.2 Å². The fourth-order valence-corrected chi connectivity index (χ4v) is 1.49. The molecule has 1 N–H and O–H groups in total. The van der Waals surface area contributed by atoms with Crippen molar-refractivity contribution in [2.24, 2.45) is 0 Å². The Kier molecular flexibility index (Phi) is 6.59. The summed E-state index contributed by atoms with van der Waals surface area (Å²) in [5.41, 5.74) is 0. The molecule has 1 atom stereocenters. The molecule has 0 radical (unpaired) electrons. The second-order valence-corrected chi connectivity index (χ2v) is 4.27. The van der Waals surface area contributed by atoms with Crippen LogP contribution < -0.4 is 10.1 Å². The highest BCUT2D eigenvalue weighted by Gasteiger charge is 2.14. The number of para-hydroxylation sites is 1. The number of esters is 1. The molecule has 0 aliphatic rings. The van der Waals surface area contributed by atoms with Gasteiger partial charge in [0.1, 0.15) is 5.75 Å². The first-order valence-electron chi connectivity index (χ1n) is 5.98. The maximum absolute atomic E-state index is 11.7. The van der Waals surface area contributed by atoms with Gasteiger partial charge >= 0.3 is 5.97 Å². The molecule has 1 amide bonds. The van der Waals surface area contributed by atoms with Crippen LogP contribution in [0.25, 0.3) is 0 Å². The van der Waals surface area contributed by atoms with Crippen LogP contribution in [0.1, 0.15) is 6.92 Å². The molecule has 0 bridgehead atoms. The fourth-order valence-electron chi connectivity index (χ4n) is 1.31. The van der Waals surface area contributed by atoms with Gasteiger partial charge in [-0.3, -0.25) is 4.79 Å². The van der Waals surface area contributed by atoms with Crippen LogP contribution >= 0.6 is 11.6 Å². The Morgan fingerprint density at radius 2 is 2.10 bits per heavy atom. The van der Waals surface area contributed by atoms with Gasteiger partial charge < -0.3 is 14.8 Å². The maximum Gasteiger partial charge on any atom is 0.330 e. The number of methoxy groups -OCH3 is 1. The van der Waals surface area contributed by atoms with E-state index in [2.05, 4.69) is 10.1 Å². The van der Waals surface area contributed by atoms with E-state index in [0.29, 0.717) is 10.8 Å². The van der Waals surface area contributed by atoms with Gasteiger partial charge in [0.15, 0.2) is 6.10 Å². The molecule has 0 aliphatic carbocycles. The molecule has 108 valence electrons. The number of rotatable bonds is 6. The number of nitrogens with one attached hydrogen (secondary N) is 1. The third-order valence-electron chi connectivity index (χ3n) is 2.36. The Morgan fingerprint density at radius 1 is 1.40 bits per heavy atom. The lowest BCUT2D eigenvalue weighted by Gasteiger charge is -2.14. The predicted octanol–water partition coefficient (Wildman–Crippen LogP) is 1.95. The average Bonchev–Trinajstić information content (AvgIpc) is 2.45. The number of hydrogen-bond donors (Lipinski definition) is 1. The molecule has 0 heterocycles.